The van der Waals surface area contributed by atoms with Crippen LogP contribution in [0.5, 0.6) is 0 Å². The fourth-order valence-corrected chi connectivity index (χ4v) is 0.803. The summed E-state index contributed by atoms with van der Waals surface area (Å²) in [4.78, 5) is 0. The van der Waals surface area contributed by atoms with Crippen LogP contribution in [0.3, 0.4) is 0 Å². The SMILES string of the molecule is O=P(Cl)(Cl)CCO. The summed E-state index contributed by atoms with van der Waals surface area (Å²) in [5.74, 6) is -2.97. The summed E-state index contributed by atoms with van der Waals surface area (Å²) < 4.78 is 10.2. The van der Waals surface area contributed by atoms with Crippen molar-refractivity contribution in [2.45, 2.75) is 0 Å². The van der Waals surface area contributed by atoms with Gasteiger partial charge in [-0.3, -0.25) is 4.57 Å². The average molecular weight is 163 g/mol. The topological polar surface area (TPSA) is 37.3 Å². The van der Waals surface area contributed by atoms with E-state index in [0.29, 0.717) is 0 Å². The Balaban J connectivity index is 3.36. The zero-order chi connectivity index (χ0) is 5.91. The van der Waals surface area contributed by atoms with Crippen molar-refractivity contribution in [3.63, 3.8) is 0 Å². The molecule has 44 valence electrons. The Morgan fingerprint density at radius 3 is 2.00 bits per heavy atom. The summed E-state index contributed by atoms with van der Waals surface area (Å²) >= 11 is 9.99. The molecule has 0 bridgehead atoms. The van der Waals surface area contributed by atoms with Gasteiger partial charge in [0.15, 0.2) is 0 Å². The monoisotopic (exact) mass is 162 g/mol. The molecule has 5 heteroatoms. The van der Waals surface area contributed by atoms with Crippen LogP contribution in [0.15, 0.2) is 0 Å². The van der Waals surface area contributed by atoms with Crippen molar-refractivity contribution in [1.82, 2.24) is 0 Å². The van der Waals surface area contributed by atoms with Crippen molar-refractivity contribution in [2.24, 2.45) is 0 Å². The standard InChI is InChI=1S/C2H5Cl2O2P/c3-7(4,6)2-1-5/h5H,1-2H2. The number of rotatable bonds is 2. The fraction of sp³-hybridized carbons (Fsp3) is 1.00. The minimum absolute atomic E-state index is 0.0177. The van der Waals surface area contributed by atoms with Crippen molar-refractivity contribution >= 4 is 28.3 Å². The lowest BCUT2D eigenvalue weighted by molar-refractivity contribution is 0.320. The summed E-state index contributed by atoms with van der Waals surface area (Å²) in [5.41, 5.74) is 0. The Kier molecular flexibility index (Phi) is 3.25. The molecule has 0 atom stereocenters. The number of aliphatic hydroxyl groups is 1. The predicted molar refractivity (Wildman–Crippen MR) is 31.3 cm³/mol. The summed E-state index contributed by atoms with van der Waals surface area (Å²) in [7, 11) is 0. The molecule has 0 saturated carbocycles. The first-order valence-corrected chi connectivity index (χ1v) is 5.36. The molecule has 0 aliphatic heterocycles. The fourth-order valence-electron chi connectivity index (χ4n) is 0.116. The Hall–Kier alpha value is 0.770. The molecule has 0 aromatic carbocycles. The van der Waals surface area contributed by atoms with Gasteiger partial charge in [0.2, 0.25) is 0 Å². The molecule has 7 heavy (non-hydrogen) atoms. The molecule has 0 unspecified atom stereocenters. The van der Waals surface area contributed by atoms with E-state index in [1.165, 1.54) is 0 Å². The Bertz CT molecular complexity index is 87.7. The van der Waals surface area contributed by atoms with E-state index in [9.17, 15) is 4.57 Å². The number of halogens is 2. The van der Waals surface area contributed by atoms with Gasteiger partial charge in [0.25, 0.3) is 5.85 Å². The average Bonchev–Trinajstić information content (AvgIpc) is 1.30. The molecule has 0 radical (unpaired) electrons. The third kappa shape index (κ3) is 6.77. The summed E-state index contributed by atoms with van der Waals surface area (Å²) in [5, 5.41) is 8.06. The van der Waals surface area contributed by atoms with E-state index in [1.54, 1.807) is 0 Å². The van der Waals surface area contributed by atoms with Crippen molar-refractivity contribution in [2.75, 3.05) is 12.8 Å². The maximum atomic E-state index is 10.2. The molecule has 0 aromatic heterocycles. The van der Waals surface area contributed by atoms with Gasteiger partial charge in [-0.2, -0.15) is 0 Å². The van der Waals surface area contributed by atoms with Crippen molar-refractivity contribution in [3.05, 3.63) is 0 Å². The smallest absolute Gasteiger partial charge is 0.255 e. The molecule has 0 saturated heterocycles. The van der Waals surface area contributed by atoms with Crippen LogP contribution in [0.2, 0.25) is 0 Å². The van der Waals surface area contributed by atoms with E-state index >= 15 is 0 Å². The zero-order valence-electron chi connectivity index (χ0n) is 3.47. The lowest BCUT2D eigenvalue weighted by Gasteiger charge is -1.93. The molecule has 0 rings (SSSR count). The third-order valence-corrected chi connectivity index (χ3v) is 2.10. The predicted octanol–water partition coefficient (Wildman–Crippen LogP) is 1.65. The Labute approximate surface area is 51.4 Å². The van der Waals surface area contributed by atoms with Gasteiger partial charge in [0, 0.05) is 0 Å². The minimum atomic E-state index is -2.97. The molecule has 0 amide bonds. The second-order valence-electron chi connectivity index (χ2n) is 1.02. The van der Waals surface area contributed by atoms with Gasteiger partial charge >= 0.3 is 0 Å². The van der Waals surface area contributed by atoms with Crippen LogP contribution >= 0.6 is 28.3 Å². The molecule has 2 nitrogen and oxygen atoms in total. The van der Waals surface area contributed by atoms with Gasteiger partial charge in [0.05, 0.1) is 12.8 Å². The highest BCUT2D eigenvalue weighted by atomic mass is 35.9. The first-order valence-electron chi connectivity index (χ1n) is 1.65. The van der Waals surface area contributed by atoms with Crippen LogP contribution in [0.25, 0.3) is 0 Å². The summed E-state index contributed by atoms with van der Waals surface area (Å²) in [6.07, 6.45) is -0.0177. The van der Waals surface area contributed by atoms with Crippen LogP contribution in [0.1, 0.15) is 0 Å². The van der Waals surface area contributed by atoms with Crippen molar-refractivity contribution < 1.29 is 9.67 Å². The van der Waals surface area contributed by atoms with E-state index in [-0.39, 0.29) is 12.8 Å². The van der Waals surface area contributed by atoms with Crippen LogP contribution in [-0.2, 0) is 4.57 Å². The van der Waals surface area contributed by atoms with E-state index in [4.69, 9.17) is 27.6 Å². The van der Waals surface area contributed by atoms with Crippen LogP contribution in [0, 0.1) is 0 Å². The first kappa shape index (κ1) is 7.77. The molecule has 0 aliphatic carbocycles. The molecular formula is C2H5Cl2O2P. The maximum Gasteiger partial charge on any atom is 0.255 e. The quantitative estimate of drug-likeness (QED) is 0.628. The van der Waals surface area contributed by atoms with Crippen molar-refractivity contribution in [1.29, 1.82) is 0 Å². The number of aliphatic hydroxyl groups excluding tert-OH is 1. The van der Waals surface area contributed by atoms with Crippen LogP contribution < -0.4 is 0 Å². The highest BCUT2D eigenvalue weighted by molar-refractivity contribution is 8.08. The second-order valence-corrected chi connectivity index (χ2v) is 6.40. The molecular weight excluding hydrogens is 158 g/mol. The number of hydrogen-bond acceptors (Lipinski definition) is 2. The van der Waals surface area contributed by atoms with Gasteiger partial charge in [-0.15, -0.1) is 0 Å². The molecule has 0 heterocycles. The maximum absolute atomic E-state index is 10.2. The lowest BCUT2D eigenvalue weighted by Crippen LogP contribution is -1.84. The van der Waals surface area contributed by atoms with Gasteiger partial charge in [-0.25, -0.2) is 0 Å². The Morgan fingerprint density at radius 2 is 2.00 bits per heavy atom. The van der Waals surface area contributed by atoms with Crippen molar-refractivity contribution in [3.8, 4) is 0 Å². The summed E-state index contributed by atoms with van der Waals surface area (Å²) in [6.45, 7) is -0.218. The van der Waals surface area contributed by atoms with Crippen LogP contribution in [0.4, 0.5) is 0 Å². The van der Waals surface area contributed by atoms with Gasteiger partial charge in [0.1, 0.15) is 0 Å². The van der Waals surface area contributed by atoms with E-state index in [2.05, 4.69) is 0 Å². The van der Waals surface area contributed by atoms with Gasteiger partial charge in [-0.1, -0.05) is 0 Å². The van der Waals surface area contributed by atoms with Gasteiger partial charge in [-0.05, 0) is 22.5 Å². The third-order valence-electron chi connectivity index (χ3n) is 0.360. The van der Waals surface area contributed by atoms with E-state index in [0.717, 1.165) is 0 Å². The largest absolute Gasteiger partial charge is 0.396 e. The van der Waals surface area contributed by atoms with E-state index in [1.807, 2.05) is 0 Å². The Morgan fingerprint density at radius 1 is 1.57 bits per heavy atom. The minimum Gasteiger partial charge on any atom is -0.396 e. The first-order chi connectivity index (χ1) is 3.06. The second kappa shape index (κ2) is 2.93. The molecule has 1 N–H and O–H groups in total. The number of hydrogen-bond donors (Lipinski definition) is 1. The lowest BCUT2D eigenvalue weighted by atomic mass is 10.9. The molecule has 0 aliphatic rings. The molecule has 0 fully saturated rings. The summed E-state index contributed by atoms with van der Waals surface area (Å²) in [6, 6.07) is 0. The normalized spacial score (nSPS) is 11.9. The highest BCUT2D eigenvalue weighted by Crippen LogP contribution is 2.55. The van der Waals surface area contributed by atoms with Crippen LogP contribution in [-0.4, -0.2) is 17.9 Å². The molecule has 0 spiro atoms. The molecule has 0 aromatic rings. The highest BCUT2D eigenvalue weighted by Gasteiger charge is 2.10. The zero-order valence-corrected chi connectivity index (χ0v) is 5.88. The van der Waals surface area contributed by atoms with Gasteiger partial charge < -0.3 is 5.11 Å². The van der Waals surface area contributed by atoms with E-state index < -0.39 is 5.85 Å².